The van der Waals surface area contributed by atoms with E-state index in [4.69, 9.17) is 15.9 Å². The van der Waals surface area contributed by atoms with E-state index in [1.807, 2.05) is 13.8 Å². The lowest BCUT2D eigenvalue weighted by molar-refractivity contribution is 0.0771. The van der Waals surface area contributed by atoms with Crippen molar-refractivity contribution < 1.29 is 9.53 Å². The fraction of sp³-hybridized carbons (Fsp3) is 0.818. The second-order valence-electron chi connectivity index (χ2n) is 4.63. The first kappa shape index (κ1) is 12.8. The molecule has 0 bridgehead atoms. The third kappa shape index (κ3) is 3.40. The van der Waals surface area contributed by atoms with Crippen molar-refractivity contribution in [1.82, 2.24) is 4.90 Å². The Balaban J connectivity index is 2.54. The van der Waals surface area contributed by atoms with Gasteiger partial charge in [0.2, 0.25) is 0 Å². The van der Waals surface area contributed by atoms with Crippen LogP contribution in [0.3, 0.4) is 0 Å². The molecule has 0 aromatic heterocycles. The van der Waals surface area contributed by atoms with E-state index in [9.17, 15) is 4.79 Å². The number of likely N-dealkylation sites (tertiary alicyclic amines) is 1. The third-order valence-electron chi connectivity index (χ3n) is 2.64. The fourth-order valence-electron chi connectivity index (χ4n) is 1.79. The van der Waals surface area contributed by atoms with Crippen LogP contribution in [0.15, 0.2) is 0 Å². The minimum absolute atomic E-state index is 0.0567. The van der Waals surface area contributed by atoms with Gasteiger partial charge in [-0.05, 0) is 25.2 Å². The van der Waals surface area contributed by atoms with E-state index < -0.39 is 0 Å². The zero-order valence-corrected chi connectivity index (χ0v) is 10.0. The highest BCUT2D eigenvalue weighted by molar-refractivity contribution is 5.86. The Morgan fingerprint density at radius 2 is 2.25 bits per heavy atom. The molecule has 0 saturated carbocycles. The summed E-state index contributed by atoms with van der Waals surface area (Å²) < 4.78 is 5.16. The number of hydrogen-bond acceptors (Lipinski definition) is 3. The van der Waals surface area contributed by atoms with Crippen molar-refractivity contribution in [2.75, 3.05) is 13.2 Å². The fourth-order valence-corrected chi connectivity index (χ4v) is 1.79. The first-order valence-electron chi connectivity index (χ1n) is 5.79. The maximum absolute atomic E-state index is 11.8. The van der Waals surface area contributed by atoms with E-state index in [1.165, 1.54) is 0 Å². The standard InChI is InChI=1S/C11H21N3O2/c1-8(2)7-16-11(15)14-6-4-3-5-9(14)10(12)13/h8-9H,3-7H2,1-2H3,(H3,12,13). The second kappa shape index (κ2) is 5.72. The van der Waals surface area contributed by atoms with Crippen molar-refractivity contribution in [3.05, 3.63) is 0 Å². The van der Waals surface area contributed by atoms with Crippen LogP contribution in [0.2, 0.25) is 0 Å². The molecule has 1 heterocycles. The van der Waals surface area contributed by atoms with Gasteiger partial charge in [0.05, 0.1) is 12.6 Å². The molecular weight excluding hydrogens is 206 g/mol. The number of carbonyl (C=O) groups is 1. The largest absolute Gasteiger partial charge is 0.449 e. The van der Waals surface area contributed by atoms with Crippen LogP contribution in [-0.4, -0.2) is 36.0 Å². The monoisotopic (exact) mass is 227 g/mol. The van der Waals surface area contributed by atoms with E-state index in [1.54, 1.807) is 4.90 Å². The molecule has 1 rings (SSSR count). The molecule has 16 heavy (non-hydrogen) atoms. The van der Waals surface area contributed by atoms with Gasteiger partial charge in [0.25, 0.3) is 0 Å². The van der Waals surface area contributed by atoms with Crippen molar-refractivity contribution in [2.24, 2.45) is 11.7 Å². The van der Waals surface area contributed by atoms with Crippen LogP contribution in [0.4, 0.5) is 4.79 Å². The van der Waals surface area contributed by atoms with E-state index in [2.05, 4.69) is 0 Å². The summed E-state index contributed by atoms with van der Waals surface area (Å²) >= 11 is 0. The highest BCUT2D eigenvalue weighted by Gasteiger charge is 2.29. The molecule has 0 aromatic carbocycles. The molecule has 5 heteroatoms. The predicted octanol–water partition coefficient (Wildman–Crippen LogP) is 1.57. The molecule has 1 unspecified atom stereocenters. The maximum Gasteiger partial charge on any atom is 0.410 e. The van der Waals surface area contributed by atoms with Gasteiger partial charge >= 0.3 is 6.09 Å². The van der Waals surface area contributed by atoms with Crippen molar-refractivity contribution in [1.29, 1.82) is 5.41 Å². The lowest BCUT2D eigenvalue weighted by Crippen LogP contribution is -2.50. The Morgan fingerprint density at radius 3 is 2.81 bits per heavy atom. The molecule has 3 N–H and O–H groups in total. The van der Waals surface area contributed by atoms with E-state index >= 15 is 0 Å². The van der Waals surface area contributed by atoms with Crippen molar-refractivity contribution >= 4 is 11.9 Å². The first-order valence-corrected chi connectivity index (χ1v) is 5.79. The molecule has 0 radical (unpaired) electrons. The van der Waals surface area contributed by atoms with E-state index in [0.29, 0.717) is 19.1 Å². The number of nitrogens with zero attached hydrogens (tertiary/aromatic N) is 1. The minimum Gasteiger partial charge on any atom is -0.449 e. The van der Waals surface area contributed by atoms with Crippen LogP contribution < -0.4 is 5.73 Å². The van der Waals surface area contributed by atoms with Gasteiger partial charge in [-0.1, -0.05) is 13.8 Å². The summed E-state index contributed by atoms with van der Waals surface area (Å²) in [7, 11) is 0. The Morgan fingerprint density at radius 1 is 1.56 bits per heavy atom. The molecule has 1 atom stereocenters. The summed E-state index contributed by atoms with van der Waals surface area (Å²) in [6, 6.07) is -0.270. The van der Waals surface area contributed by atoms with Crippen molar-refractivity contribution in [2.45, 2.75) is 39.2 Å². The van der Waals surface area contributed by atoms with Gasteiger partial charge in [-0.25, -0.2) is 4.79 Å². The summed E-state index contributed by atoms with van der Waals surface area (Å²) in [4.78, 5) is 13.3. The van der Waals surface area contributed by atoms with Crippen LogP contribution in [-0.2, 0) is 4.74 Å². The minimum atomic E-state index is -0.339. The van der Waals surface area contributed by atoms with Gasteiger partial charge in [-0.2, -0.15) is 0 Å². The molecule has 1 amide bonds. The zero-order chi connectivity index (χ0) is 12.1. The predicted molar refractivity (Wildman–Crippen MR) is 62.4 cm³/mol. The van der Waals surface area contributed by atoms with Gasteiger partial charge in [-0.3, -0.25) is 10.3 Å². The lowest BCUT2D eigenvalue weighted by atomic mass is 10.0. The summed E-state index contributed by atoms with van der Waals surface area (Å²) in [6.45, 7) is 5.04. The van der Waals surface area contributed by atoms with Gasteiger partial charge < -0.3 is 10.5 Å². The van der Waals surface area contributed by atoms with Gasteiger partial charge in [0, 0.05) is 6.54 Å². The molecule has 92 valence electrons. The van der Waals surface area contributed by atoms with E-state index in [0.717, 1.165) is 19.3 Å². The number of nitrogens with two attached hydrogens (primary N) is 1. The number of amidine groups is 1. The number of amides is 1. The molecule has 5 nitrogen and oxygen atoms in total. The number of rotatable bonds is 3. The molecule has 1 fully saturated rings. The quantitative estimate of drug-likeness (QED) is 0.567. The van der Waals surface area contributed by atoms with Gasteiger partial charge in [0.1, 0.15) is 5.84 Å². The summed E-state index contributed by atoms with van der Waals surface area (Å²) in [5.41, 5.74) is 5.49. The highest BCUT2D eigenvalue weighted by Crippen LogP contribution is 2.17. The van der Waals surface area contributed by atoms with Crippen LogP contribution in [0, 0.1) is 11.3 Å². The summed E-state index contributed by atoms with van der Waals surface area (Å²) in [5.74, 6) is 0.380. The number of hydrogen-bond donors (Lipinski definition) is 2. The molecular formula is C11H21N3O2. The van der Waals surface area contributed by atoms with Crippen molar-refractivity contribution in [3.63, 3.8) is 0 Å². The molecule has 0 aliphatic carbocycles. The molecule has 1 saturated heterocycles. The van der Waals surface area contributed by atoms with Crippen LogP contribution >= 0.6 is 0 Å². The smallest absolute Gasteiger partial charge is 0.410 e. The number of piperidine rings is 1. The molecule has 1 aliphatic rings. The van der Waals surface area contributed by atoms with Crippen LogP contribution in [0.1, 0.15) is 33.1 Å². The second-order valence-corrected chi connectivity index (χ2v) is 4.63. The average Bonchev–Trinajstić information content (AvgIpc) is 2.25. The van der Waals surface area contributed by atoms with Crippen LogP contribution in [0.5, 0.6) is 0 Å². The van der Waals surface area contributed by atoms with E-state index in [-0.39, 0.29) is 18.0 Å². The SMILES string of the molecule is CC(C)COC(=O)N1CCCCC1C(=N)N. The number of nitrogens with one attached hydrogen (secondary N) is 1. The highest BCUT2D eigenvalue weighted by atomic mass is 16.6. The molecule has 1 aliphatic heterocycles. The normalized spacial score (nSPS) is 20.9. The summed E-state index contributed by atoms with van der Waals surface area (Å²) in [6.07, 6.45) is 2.40. The Hall–Kier alpha value is -1.26. The maximum atomic E-state index is 11.8. The van der Waals surface area contributed by atoms with Crippen LogP contribution in [0.25, 0.3) is 0 Å². The van der Waals surface area contributed by atoms with Crippen molar-refractivity contribution in [3.8, 4) is 0 Å². The Bertz CT molecular complexity index is 266. The molecule has 0 aromatic rings. The third-order valence-corrected chi connectivity index (χ3v) is 2.64. The van der Waals surface area contributed by atoms with Gasteiger partial charge in [0.15, 0.2) is 0 Å². The number of carbonyl (C=O) groups excluding carboxylic acids is 1. The Kier molecular flexibility index (Phi) is 4.58. The zero-order valence-electron chi connectivity index (χ0n) is 10.0. The van der Waals surface area contributed by atoms with Gasteiger partial charge in [-0.15, -0.1) is 0 Å². The molecule has 0 spiro atoms. The average molecular weight is 227 g/mol. The topological polar surface area (TPSA) is 79.4 Å². The lowest BCUT2D eigenvalue weighted by Gasteiger charge is -2.34. The Labute approximate surface area is 96.4 Å². The number of ether oxygens (including phenoxy) is 1. The first-order chi connectivity index (χ1) is 7.52. The summed E-state index contributed by atoms with van der Waals surface area (Å²) in [5, 5.41) is 7.46.